The van der Waals surface area contributed by atoms with Crippen LogP contribution in [0.4, 0.5) is 0 Å². The van der Waals surface area contributed by atoms with E-state index in [1.54, 1.807) is 0 Å². The van der Waals surface area contributed by atoms with Gasteiger partial charge in [-0.25, -0.2) is 0 Å². The zero-order chi connectivity index (χ0) is 15.8. The normalized spacial score (nSPS) is 12.5. The fourth-order valence-electron chi connectivity index (χ4n) is 2.83. The van der Waals surface area contributed by atoms with E-state index in [1.165, 1.54) is 16.7 Å². The molecule has 2 rings (SSSR count). The van der Waals surface area contributed by atoms with Crippen molar-refractivity contribution in [1.29, 1.82) is 0 Å². The van der Waals surface area contributed by atoms with Gasteiger partial charge in [0.25, 0.3) is 0 Å². The van der Waals surface area contributed by atoms with Gasteiger partial charge in [-0.1, -0.05) is 61.5 Å². The summed E-state index contributed by atoms with van der Waals surface area (Å²) in [7, 11) is 0. The molecule has 0 aliphatic carbocycles. The van der Waals surface area contributed by atoms with Gasteiger partial charge in [-0.2, -0.15) is 0 Å². The molecule has 2 aromatic rings. The molecule has 0 heterocycles. The topological polar surface area (TPSA) is 23.5 Å². The SMILES string of the molecule is CCCN(Cc1ccccc1C)C[C@@H](O)Cc1ccccc1. The van der Waals surface area contributed by atoms with E-state index in [2.05, 4.69) is 55.1 Å². The molecule has 2 nitrogen and oxygen atoms in total. The maximum absolute atomic E-state index is 10.4. The second kappa shape index (κ2) is 8.72. The van der Waals surface area contributed by atoms with Crippen molar-refractivity contribution in [3.63, 3.8) is 0 Å². The monoisotopic (exact) mass is 297 g/mol. The highest BCUT2D eigenvalue weighted by Crippen LogP contribution is 2.12. The molecule has 0 saturated carbocycles. The Hall–Kier alpha value is -1.64. The van der Waals surface area contributed by atoms with Crippen molar-refractivity contribution in [3.05, 3.63) is 71.3 Å². The number of hydrogen-bond donors (Lipinski definition) is 1. The summed E-state index contributed by atoms with van der Waals surface area (Å²) in [5, 5.41) is 10.4. The predicted octanol–water partition coefficient (Wildman–Crippen LogP) is 3.81. The quantitative estimate of drug-likeness (QED) is 0.801. The van der Waals surface area contributed by atoms with Crippen molar-refractivity contribution in [2.24, 2.45) is 0 Å². The molecule has 22 heavy (non-hydrogen) atoms. The van der Waals surface area contributed by atoms with Crippen molar-refractivity contribution >= 4 is 0 Å². The minimum absolute atomic E-state index is 0.321. The summed E-state index contributed by atoms with van der Waals surface area (Å²) in [6.45, 7) is 6.98. The molecule has 0 unspecified atom stereocenters. The highest BCUT2D eigenvalue weighted by Gasteiger charge is 2.13. The van der Waals surface area contributed by atoms with Gasteiger partial charge in [0.1, 0.15) is 0 Å². The lowest BCUT2D eigenvalue weighted by atomic mass is 10.1. The Morgan fingerprint density at radius 1 is 1.00 bits per heavy atom. The van der Waals surface area contributed by atoms with E-state index >= 15 is 0 Å². The largest absolute Gasteiger partial charge is 0.391 e. The molecule has 0 aliphatic rings. The summed E-state index contributed by atoms with van der Waals surface area (Å²) in [6.07, 6.45) is 1.50. The molecule has 0 saturated heterocycles. The first-order valence-electron chi connectivity index (χ1n) is 8.18. The van der Waals surface area contributed by atoms with Crippen molar-refractivity contribution in [2.45, 2.75) is 39.3 Å². The average molecular weight is 297 g/mol. The summed E-state index contributed by atoms with van der Waals surface area (Å²) >= 11 is 0. The molecule has 0 bridgehead atoms. The summed E-state index contributed by atoms with van der Waals surface area (Å²) in [5.74, 6) is 0. The number of benzene rings is 2. The van der Waals surface area contributed by atoms with Gasteiger partial charge >= 0.3 is 0 Å². The maximum atomic E-state index is 10.4. The number of aryl methyl sites for hydroxylation is 1. The Morgan fingerprint density at radius 3 is 2.36 bits per heavy atom. The van der Waals surface area contributed by atoms with Crippen LogP contribution < -0.4 is 0 Å². The van der Waals surface area contributed by atoms with E-state index in [0.717, 1.165) is 32.5 Å². The number of hydrogen-bond acceptors (Lipinski definition) is 2. The molecule has 0 radical (unpaired) electrons. The maximum Gasteiger partial charge on any atom is 0.0707 e. The van der Waals surface area contributed by atoms with Gasteiger partial charge in [0.05, 0.1) is 6.10 Å². The predicted molar refractivity (Wildman–Crippen MR) is 92.9 cm³/mol. The van der Waals surface area contributed by atoms with Crippen LogP contribution in [-0.2, 0) is 13.0 Å². The van der Waals surface area contributed by atoms with Crippen LogP contribution in [0.5, 0.6) is 0 Å². The Balaban J connectivity index is 1.95. The van der Waals surface area contributed by atoms with E-state index in [9.17, 15) is 5.11 Å². The van der Waals surface area contributed by atoms with E-state index in [4.69, 9.17) is 0 Å². The molecule has 0 aliphatic heterocycles. The smallest absolute Gasteiger partial charge is 0.0707 e. The van der Waals surface area contributed by atoms with Crippen molar-refractivity contribution in [2.75, 3.05) is 13.1 Å². The molecule has 2 heteroatoms. The highest BCUT2D eigenvalue weighted by molar-refractivity contribution is 5.25. The van der Waals surface area contributed by atoms with Crippen molar-refractivity contribution in [3.8, 4) is 0 Å². The first-order valence-corrected chi connectivity index (χ1v) is 8.18. The molecule has 2 aromatic carbocycles. The third kappa shape index (κ3) is 5.28. The van der Waals surface area contributed by atoms with Gasteiger partial charge in [-0.05, 0) is 43.0 Å². The second-order valence-electron chi connectivity index (χ2n) is 6.01. The number of aliphatic hydroxyl groups excluding tert-OH is 1. The first kappa shape index (κ1) is 16.7. The van der Waals surface area contributed by atoms with Crippen LogP contribution in [0.2, 0.25) is 0 Å². The van der Waals surface area contributed by atoms with Crippen LogP contribution in [0.15, 0.2) is 54.6 Å². The lowest BCUT2D eigenvalue weighted by Crippen LogP contribution is -2.34. The molecule has 118 valence electrons. The molecule has 0 spiro atoms. The molecule has 0 fully saturated rings. The van der Waals surface area contributed by atoms with Crippen LogP contribution in [0, 0.1) is 6.92 Å². The zero-order valence-corrected chi connectivity index (χ0v) is 13.7. The van der Waals surface area contributed by atoms with Crippen LogP contribution in [0.25, 0.3) is 0 Å². The third-order valence-electron chi connectivity index (χ3n) is 3.98. The summed E-state index contributed by atoms with van der Waals surface area (Å²) in [6, 6.07) is 18.7. The minimum atomic E-state index is -0.321. The van der Waals surface area contributed by atoms with E-state index < -0.39 is 0 Å². The molecule has 1 atom stereocenters. The number of rotatable bonds is 8. The first-order chi connectivity index (χ1) is 10.7. The summed E-state index contributed by atoms with van der Waals surface area (Å²) < 4.78 is 0. The molecule has 0 aromatic heterocycles. The standard InChI is InChI=1S/C20H27NO/c1-3-13-21(15-19-12-8-7-9-17(19)2)16-20(22)14-18-10-5-4-6-11-18/h4-12,20,22H,3,13-16H2,1-2H3/t20-/m0/s1. The Kier molecular flexibility index (Phi) is 6.63. The van der Waals surface area contributed by atoms with Crippen LogP contribution in [0.3, 0.4) is 0 Å². The minimum Gasteiger partial charge on any atom is -0.391 e. The van der Waals surface area contributed by atoms with Crippen LogP contribution in [0.1, 0.15) is 30.0 Å². The average Bonchev–Trinajstić information content (AvgIpc) is 2.50. The van der Waals surface area contributed by atoms with E-state index in [0.29, 0.717) is 0 Å². The zero-order valence-electron chi connectivity index (χ0n) is 13.7. The lowest BCUT2D eigenvalue weighted by molar-refractivity contribution is 0.108. The highest BCUT2D eigenvalue weighted by atomic mass is 16.3. The fourth-order valence-corrected chi connectivity index (χ4v) is 2.83. The number of aliphatic hydroxyl groups is 1. The third-order valence-corrected chi connectivity index (χ3v) is 3.98. The molecule has 1 N–H and O–H groups in total. The molecular formula is C20H27NO. The van der Waals surface area contributed by atoms with Gasteiger partial charge in [0.2, 0.25) is 0 Å². The van der Waals surface area contributed by atoms with Crippen LogP contribution >= 0.6 is 0 Å². The Labute approximate surface area is 134 Å². The van der Waals surface area contributed by atoms with Gasteiger partial charge in [-0.15, -0.1) is 0 Å². The van der Waals surface area contributed by atoms with Gasteiger partial charge in [0.15, 0.2) is 0 Å². The fraction of sp³-hybridized carbons (Fsp3) is 0.400. The van der Waals surface area contributed by atoms with Crippen LogP contribution in [-0.4, -0.2) is 29.2 Å². The summed E-state index contributed by atoms with van der Waals surface area (Å²) in [4.78, 5) is 2.36. The van der Waals surface area contributed by atoms with Gasteiger partial charge in [0, 0.05) is 13.1 Å². The molecule has 0 amide bonds. The second-order valence-corrected chi connectivity index (χ2v) is 6.01. The van der Waals surface area contributed by atoms with E-state index in [1.807, 2.05) is 18.2 Å². The number of nitrogens with zero attached hydrogens (tertiary/aromatic N) is 1. The van der Waals surface area contributed by atoms with Gasteiger partial charge in [-0.3, -0.25) is 4.90 Å². The summed E-state index contributed by atoms with van der Waals surface area (Å²) in [5.41, 5.74) is 3.87. The lowest BCUT2D eigenvalue weighted by Gasteiger charge is -2.25. The van der Waals surface area contributed by atoms with Crippen molar-refractivity contribution < 1.29 is 5.11 Å². The van der Waals surface area contributed by atoms with Gasteiger partial charge < -0.3 is 5.11 Å². The Morgan fingerprint density at radius 2 is 1.68 bits per heavy atom. The van der Waals surface area contributed by atoms with Crippen molar-refractivity contribution in [1.82, 2.24) is 4.90 Å². The Bertz CT molecular complexity index is 553. The van der Waals surface area contributed by atoms with E-state index in [-0.39, 0.29) is 6.10 Å². The molecular weight excluding hydrogens is 270 g/mol.